The predicted octanol–water partition coefficient (Wildman–Crippen LogP) is 1.39. The molecular weight excluding hydrogens is 237 g/mol. The van der Waals surface area contributed by atoms with E-state index in [0.717, 1.165) is 5.69 Å². The minimum absolute atomic E-state index is 0.410. The molecule has 0 aliphatic carbocycles. The number of nitrogen functional groups attached to an aromatic ring is 1. The Morgan fingerprint density at radius 3 is 2.53 bits per heavy atom. The third-order valence-corrected chi connectivity index (χ3v) is 2.66. The van der Waals surface area contributed by atoms with Crippen LogP contribution >= 0.6 is 0 Å². The number of aromatic nitrogens is 2. The quantitative estimate of drug-likeness (QED) is 0.640. The molecule has 0 unspecified atom stereocenters. The number of nitrogens with one attached hydrogen (secondary N) is 1. The van der Waals surface area contributed by atoms with E-state index >= 15 is 0 Å². The van der Waals surface area contributed by atoms with Crippen molar-refractivity contribution in [2.45, 2.75) is 13.8 Å². The van der Waals surface area contributed by atoms with Gasteiger partial charge in [0, 0.05) is 11.9 Å². The number of hydrogen-bond acceptors (Lipinski definition) is 5. The Balaban J connectivity index is 2.40. The number of rotatable bonds is 3. The number of anilines is 3. The summed E-state index contributed by atoms with van der Waals surface area (Å²) in [5, 5.41) is 3.26. The number of benzene rings is 1. The third-order valence-electron chi connectivity index (χ3n) is 2.66. The lowest BCUT2D eigenvalue weighted by Crippen LogP contribution is -2.05. The zero-order valence-electron chi connectivity index (χ0n) is 11.3. The minimum Gasteiger partial charge on any atom is -0.383 e. The van der Waals surface area contributed by atoms with E-state index in [1.165, 1.54) is 17.5 Å². The van der Waals surface area contributed by atoms with Gasteiger partial charge >= 0.3 is 0 Å². The van der Waals surface area contributed by atoms with Crippen molar-refractivity contribution in [1.82, 2.24) is 9.97 Å². The van der Waals surface area contributed by atoms with Gasteiger partial charge in [0.2, 0.25) is 7.98 Å². The van der Waals surface area contributed by atoms with Gasteiger partial charge in [-0.2, -0.15) is 0 Å². The molecule has 1 heterocycles. The first-order valence-electron chi connectivity index (χ1n) is 5.98. The van der Waals surface area contributed by atoms with Gasteiger partial charge in [0.1, 0.15) is 18.0 Å². The van der Waals surface area contributed by atoms with E-state index in [0.29, 0.717) is 17.2 Å². The SMILES string of the molecule is B/N=C/c1c(N)ncnc1Nc1cc(C)cc(C)c1. The largest absolute Gasteiger partial charge is 0.383 e. The molecule has 5 nitrogen and oxygen atoms in total. The van der Waals surface area contributed by atoms with Crippen LogP contribution in [0.3, 0.4) is 0 Å². The predicted molar refractivity (Wildman–Crippen MR) is 81.8 cm³/mol. The van der Waals surface area contributed by atoms with Gasteiger partial charge in [0.25, 0.3) is 0 Å². The molecule has 6 heteroatoms. The molecule has 0 atom stereocenters. The van der Waals surface area contributed by atoms with Gasteiger partial charge in [-0.1, -0.05) is 6.07 Å². The van der Waals surface area contributed by atoms with Gasteiger partial charge in [0.15, 0.2) is 0 Å². The van der Waals surface area contributed by atoms with Gasteiger partial charge in [-0.25, -0.2) is 9.97 Å². The molecule has 19 heavy (non-hydrogen) atoms. The average Bonchev–Trinajstić information content (AvgIpc) is 2.32. The molecule has 0 fully saturated rings. The Morgan fingerprint density at radius 1 is 1.21 bits per heavy atom. The maximum atomic E-state index is 5.84. The lowest BCUT2D eigenvalue weighted by atomic mass is 10.1. The van der Waals surface area contributed by atoms with Crippen molar-refractivity contribution < 1.29 is 0 Å². The van der Waals surface area contributed by atoms with Gasteiger partial charge in [-0.05, 0) is 37.1 Å². The molecule has 0 spiro atoms. The Hall–Kier alpha value is -2.37. The van der Waals surface area contributed by atoms with Crippen LogP contribution in [-0.2, 0) is 0 Å². The second-order valence-corrected chi connectivity index (χ2v) is 4.41. The molecule has 1 aromatic heterocycles. The Kier molecular flexibility index (Phi) is 3.80. The van der Waals surface area contributed by atoms with E-state index in [9.17, 15) is 0 Å². The van der Waals surface area contributed by atoms with Crippen molar-refractivity contribution in [3.05, 3.63) is 41.2 Å². The molecule has 0 aliphatic rings. The summed E-state index contributed by atoms with van der Waals surface area (Å²) in [6.45, 7) is 4.11. The van der Waals surface area contributed by atoms with Gasteiger partial charge < -0.3 is 16.0 Å². The molecule has 2 rings (SSSR count). The Morgan fingerprint density at radius 2 is 1.89 bits per heavy atom. The highest BCUT2D eigenvalue weighted by Gasteiger charge is 2.07. The van der Waals surface area contributed by atoms with E-state index in [1.807, 2.05) is 0 Å². The lowest BCUT2D eigenvalue weighted by Gasteiger charge is -2.11. The summed E-state index contributed by atoms with van der Waals surface area (Å²) in [5.74, 6) is 1.07. The monoisotopic (exact) mass is 253 g/mol. The van der Waals surface area contributed by atoms with Crippen molar-refractivity contribution in [1.29, 1.82) is 0 Å². The second kappa shape index (κ2) is 5.52. The van der Waals surface area contributed by atoms with Crippen LogP contribution in [-0.4, -0.2) is 24.2 Å². The number of hydrogen-bond donors (Lipinski definition) is 2. The van der Waals surface area contributed by atoms with Gasteiger partial charge in [-0.3, -0.25) is 0 Å². The molecule has 2 aromatic rings. The fraction of sp³-hybridized carbons (Fsp3) is 0.154. The van der Waals surface area contributed by atoms with Crippen LogP contribution in [0.4, 0.5) is 17.3 Å². The van der Waals surface area contributed by atoms with Crippen molar-refractivity contribution in [2.75, 3.05) is 11.1 Å². The average molecular weight is 253 g/mol. The maximum absolute atomic E-state index is 5.84. The van der Waals surface area contributed by atoms with Gasteiger partial charge in [0.05, 0.1) is 5.56 Å². The smallest absolute Gasteiger partial charge is 0.244 e. The maximum Gasteiger partial charge on any atom is 0.244 e. The summed E-state index contributed by atoms with van der Waals surface area (Å²) >= 11 is 0. The topological polar surface area (TPSA) is 76.2 Å². The molecule has 3 N–H and O–H groups in total. The zero-order valence-corrected chi connectivity index (χ0v) is 11.3. The zero-order chi connectivity index (χ0) is 13.8. The van der Waals surface area contributed by atoms with E-state index in [-0.39, 0.29) is 0 Å². The highest BCUT2D eigenvalue weighted by atomic mass is 15.0. The first-order valence-corrected chi connectivity index (χ1v) is 5.98. The third kappa shape index (κ3) is 3.10. The van der Waals surface area contributed by atoms with Crippen molar-refractivity contribution in [3.8, 4) is 0 Å². The Labute approximate surface area is 113 Å². The molecule has 96 valence electrons. The summed E-state index contributed by atoms with van der Waals surface area (Å²) in [6, 6.07) is 6.23. The normalized spacial score (nSPS) is 10.8. The van der Waals surface area contributed by atoms with Crippen molar-refractivity contribution in [2.24, 2.45) is 4.90 Å². The van der Waals surface area contributed by atoms with Crippen LogP contribution in [0.15, 0.2) is 29.4 Å². The summed E-state index contributed by atoms with van der Waals surface area (Å²) in [7, 11) is 1.69. The molecule has 0 bridgehead atoms. The number of aryl methyl sites for hydroxylation is 2. The van der Waals surface area contributed by atoms with Crippen LogP contribution in [0.25, 0.3) is 0 Å². The van der Waals surface area contributed by atoms with E-state index in [1.54, 1.807) is 14.2 Å². The fourth-order valence-corrected chi connectivity index (χ4v) is 1.95. The first-order chi connectivity index (χ1) is 9.10. The molecule has 0 saturated heterocycles. The number of nitrogens with two attached hydrogens (primary N) is 1. The standard InChI is InChI=1S/C13H16BN5/c1-8-3-9(2)5-10(4-8)19-13-11(6-18-14)12(15)16-7-17-13/h3-7H,14H2,1-2H3,(H3,15,16,17,19)/b18-6+. The van der Waals surface area contributed by atoms with E-state index in [2.05, 4.69) is 52.2 Å². The highest BCUT2D eigenvalue weighted by Crippen LogP contribution is 2.22. The van der Waals surface area contributed by atoms with Crippen molar-refractivity contribution in [3.63, 3.8) is 0 Å². The number of nitrogens with zero attached hydrogens (tertiary/aromatic N) is 3. The Bertz CT molecular complexity index is 604. The minimum atomic E-state index is 0.410. The summed E-state index contributed by atoms with van der Waals surface area (Å²) in [6.07, 6.45) is 3.09. The lowest BCUT2D eigenvalue weighted by molar-refractivity contribution is 1.17. The second-order valence-electron chi connectivity index (χ2n) is 4.41. The molecule has 0 saturated carbocycles. The summed E-state index contributed by atoms with van der Waals surface area (Å²) < 4.78 is 0. The molecule has 1 aromatic carbocycles. The van der Waals surface area contributed by atoms with Crippen LogP contribution < -0.4 is 11.1 Å². The van der Waals surface area contributed by atoms with Gasteiger partial charge in [-0.15, -0.1) is 0 Å². The molecule has 0 radical (unpaired) electrons. The van der Waals surface area contributed by atoms with Crippen LogP contribution in [0.2, 0.25) is 0 Å². The molecule has 0 amide bonds. The molecular formula is C13H16BN5. The summed E-state index contributed by atoms with van der Waals surface area (Å²) in [4.78, 5) is 12.2. The highest BCUT2D eigenvalue weighted by molar-refractivity contribution is 6.12. The van der Waals surface area contributed by atoms with E-state index < -0.39 is 0 Å². The van der Waals surface area contributed by atoms with Crippen LogP contribution in [0.1, 0.15) is 16.7 Å². The van der Waals surface area contributed by atoms with E-state index in [4.69, 9.17) is 5.73 Å². The van der Waals surface area contributed by atoms with Crippen molar-refractivity contribution >= 4 is 31.5 Å². The molecule has 0 aliphatic heterocycles. The van der Waals surface area contributed by atoms with Crippen LogP contribution in [0, 0.1) is 13.8 Å². The first kappa shape index (κ1) is 13.1. The fourth-order valence-electron chi connectivity index (χ4n) is 1.95. The summed E-state index contributed by atoms with van der Waals surface area (Å²) in [5.41, 5.74) is 9.89. The van der Waals surface area contributed by atoms with Crippen LogP contribution in [0.5, 0.6) is 0 Å².